The van der Waals surface area contributed by atoms with Crippen molar-refractivity contribution in [3.05, 3.63) is 42.1 Å². The van der Waals surface area contributed by atoms with Crippen molar-refractivity contribution in [2.24, 2.45) is 5.92 Å². The van der Waals surface area contributed by atoms with E-state index >= 15 is 0 Å². The van der Waals surface area contributed by atoms with Crippen molar-refractivity contribution in [3.63, 3.8) is 0 Å². The molecule has 0 bridgehead atoms. The molecule has 1 saturated heterocycles. The second-order valence-corrected chi connectivity index (χ2v) is 9.15. The SMILES string of the molecule is Cc1cc(NC(=O)C2CCCN(S(=O)(=O)c3ccccc3)C2)n(C(C)C)n1. The zero-order valence-electron chi connectivity index (χ0n) is 15.9. The first-order valence-corrected chi connectivity index (χ1v) is 10.6. The summed E-state index contributed by atoms with van der Waals surface area (Å²) in [6.07, 6.45) is 1.33. The van der Waals surface area contributed by atoms with Crippen molar-refractivity contribution in [2.45, 2.75) is 44.6 Å². The van der Waals surface area contributed by atoms with Gasteiger partial charge in [-0.3, -0.25) is 4.79 Å². The van der Waals surface area contributed by atoms with Crippen molar-refractivity contribution >= 4 is 21.7 Å². The third-order valence-electron chi connectivity index (χ3n) is 4.73. The summed E-state index contributed by atoms with van der Waals surface area (Å²) in [5.74, 6) is 0.105. The van der Waals surface area contributed by atoms with E-state index in [2.05, 4.69) is 10.4 Å². The molecule has 1 fully saturated rings. The van der Waals surface area contributed by atoms with Gasteiger partial charge in [-0.1, -0.05) is 18.2 Å². The fourth-order valence-electron chi connectivity index (χ4n) is 3.35. The normalized spacial score (nSPS) is 18.6. The van der Waals surface area contributed by atoms with Crippen LogP contribution in [0.1, 0.15) is 38.4 Å². The largest absolute Gasteiger partial charge is 0.311 e. The fourth-order valence-corrected chi connectivity index (χ4v) is 4.89. The molecule has 1 aliphatic heterocycles. The minimum absolute atomic E-state index is 0.121. The molecule has 2 aromatic rings. The summed E-state index contributed by atoms with van der Waals surface area (Å²) >= 11 is 0. The second kappa shape index (κ2) is 7.82. The lowest BCUT2D eigenvalue weighted by atomic mass is 9.99. The van der Waals surface area contributed by atoms with Gasteiger partial charge in [-0.2, -0.15) is 9.40 Å². The molecular weight excluding hydrogens is 364 g/mol. The van der Waals surface area contributed by atoms with Crippen LogP contribution < -0.4 is 5.32 Å². The molecule has 2 heterocycles. The molecule has 1 aromatic heterocycles. The number of aromatic nitrogens is 2. The van der Waals surface area contributed by atoms with Crippen molar-refractivity contribution in [3.8, 4) is 0 Å². The van der Waals surface area contributed by atoms with E-state index in [0.717, 1.165) is 5.69 Å². The molecular formula is C19H26N4O3S. The van der Waals surface area contributed by atoms with E-state index < -0.39 is 10.0 Å². The van der Waals surface area contributed by atoms with Crippen LogP contribution >= 0.6 is 0 Å². The van der Waals surface area contributed by atoms with Crippen LogP contribution in [0.3, 0.4) is 0 Å². The maximum Gasteiger partial charge on any atom is 0.243 e. The number of nitrogens with one attached hydrogen (secondary N) is 1. The highest BCUT2D eigenvalue weighted by molar-refractivity contribution is 7.89. The van der Waals surface area contributed by atoms with E-state index in [9.17, 15) is 13.2 Å². The number of nitrogens with zero attached hydrogens (tertiary/aromatic N) is 3. The summed E-state index contributed by atoms with van der Waals surface area (Å²) in [6.45, 7) is 6.50. The van der Waals surface area contributed by atoms with E-state index in [0.29, 0.717) is 25.2 Å². The summed E-state index contributed by atoms with van der Waals surface area (Å²) in [5.41, 5.74) is 0.830. The van der Waals surface area contributed by atoms with E-state index in [1.807, 2.05) is 26.8 Å². The van der Waals surface area contributed by atoms with Crippen molar-refractivity contribution in [1.82, 2.24) is 14.1 Å². The number of hydrogen-bond donors (Lipinski definition) is 1. The van der Waals surface area contributed by atoms with Crippen LogP contribution in [0.25, 0.3) is 0 Å². The Kier molecular flexibility index (Phi) is 5.67. The molecule has 146 valence electrons. The summed E-state index contributed by atoms with van der Waals surface area (Å²) in [4.78, 5) is 13.1. The number of rotatable bonds is 5. The molecule has 0 spiro atoms. The molecule has 1 amide bonds. The lowest BCUT2D eigenvalue weighted by molar-refractivity contribution is -0.120. The third-order valence-corrected chi connectivity index (χ3v) is 6.61. The Morgan fingerprint density at radius 3 is 2.63 bits per heavy atom. The molecule has 0 radical (unpaired) electrons. The number of benzene rings is 1. The highest BCUT2D eigenvalue weighted by atomic mass is 32.2. The molecule has 1 aliphatic rings. The Bertz CT molecular complexity index is 906. The predicted molar refractivity (Wildman–Crippen MR) is 104 cm³/mol. The van der Waals surface area contributed by atoms with Gasteiger partial charge in [-0.15, -0.1) is 0 Å². The molecule has 0 aliphatic carbocycles. The molecule has 1 aromatic carbocycles. The van der Waals surface area contributed by atoms with Crippen LogP contribution in [0.4, 0.5) is 5.82 Å². The number of carbonyl (C=O) groups is 1. The summed E-state index contributed by atoms with van der Waals surface area (Å²) in [6, 6.07) is 10.3. The first-order chi connectivity index (χ1) is 12.8. The minimum Gasteiger partial charge on any atom is -0.311 e. The minimum atomic E-state index is -3.58. The number of anilines is 1. The lowest BCUT2D eigenvalue weighted by Crippen LogP contribution is -2.43. The summed E-state index contributed by atoms with van der Waals surface area (Å²) in [5, 5.41) is 7.33. The Morgan fingerprint density at radius 2 is 1.96 bits per heavy atom. The van der Waals surface area contributed by atoms with Crippen molar-refractivity contribution < 1.29 is 13.2 Å². The van der Waals surface area contributed by atoms with E-state index in [1.54, 1.807) is 35.0 Å². The first kappa shape index (κ1) is 19.6. The average molecular weight is 391 g/mol. The molecule has 1 N–H and O–H groups in total. The van der Waals surface area contributed by atoms with E-state index in [-0.39, 0.29) is 29.3 Å². The van der Waals surface area contributed by atoms with Crippen molar-refractivity contribution in [1.29, 1.82) is 0 Å². The van der Waals surface area contributed by atoms with E-state index in [1.165, 1.54) is 4.31 Å². The molecule has 27 heavy (non-hydrogen) atoms. The predicted octanol–water partition coefficient (Wildman–Crippen LogP) is 2.81. The number of aryl methyl sites for hydroxylation is 1. The first-order valence-electron chi connectivity index (χ1n) is 9.21. The number of piperidine rings is 1. The zero-order valence-corrected chi connectivity index (χ0v) is 16.7. The third kappa shape index (κ3) is 4.22. The number of sulfonamides is 1. The fraction of sp³-hybridized carbons (Fsp3) is 0.474. The maximum absolute atomic E-state index is 12.8. The summed E-state index contributed by atoms with van der Waals surface area (Å²) in [7, 11) is -3.58. The Morgan fingerprint density at radius 1 is 1.26 bits per heavy atom. The lowest BCUT2D eigenvalue weighted by Gasteiger charge is -2.31. The molecule has 7 nitrogen and oxygen atoms in total. The number of hydrogen-bond acceptors (Lipinski definition) is 4. The van der Waals surface area contributed by atoms with Gasteiger partial charge in [0.1, 0.15) is 5.82 Å². The van der Waals surface area contributed by atoms with Crippen LogP contribution in [0.15, 0.2) is 41.3 Å². The quantitative estimate of drug-likeness (QED) is 0.851. The van der Waals surface area contributed by atoms with Gasteiger partial charge in [-0.05, 0) is 45.7 Å². The monoisotopic (exact) mass is 390 g/mol. The second-order valence-electron chi connectivity index (χ2n) is 7.21. The highest BCUT2D eigenvalue weighted by Gasteiger charge is 2.33. The molecule has 1 unspecified atom stereocenters. The van der Waals surface area contributed by atoms with Gasteiger partial charge in [0.15, 0.2) is 0 Å². The molecule has 1 atom stereocenters. The smallest absolute Gasteiger partial charge is 0.243 e. The van der Waals surface area contributed by atoms with Crippen molar-refractivity contribution in [2.75, 3.05) is 18.4 Å². The van der Waals surface area contributed by atoms with Gasteiger partial charge in [0.05, 0.1) is 16.5 Å². The average Bonchev–Trinajstić information content (AvgIpc) is 3.03. The van der Waals surface area contributed by atoms with Crippen LogP contribution in [0.2, 0.25) is 0 Å². The van der Waals surface area contributed by atoms with Gasteiger partial charge in [0.25, 0.3) is 0 Å². The summed E-state index contributed by atoms with van der Waals surface area (Å²) < 4.78 is 28.9. The Labute approximate surface area is 160 Å². The van der Waals surface area contributed by atoms with Gasteiger partial charge in [-0.25, -0.2) is 13.1 Å². The standard InChI is InChI=1S/C19H26N4O3S/c1-14(2)23-18(12-15(3)21-23)20-19(24)16-8-7-11-22(13-16)27(25,26)17-9-5-4-6-10-17/h4-6,9-10,12,14,16H,7-8,11,13H2,1-3H3,(H,20,24). The molecule has 0 saturated carbocycles. The Hall–Kier alpha value is -2.19. The zero-order chi connectivity index (χ0) is 19.6. The van der Waals surface area contributed by atoms with Gasteiger partial charge < -0.3 is 5.32 Å². The van der Waals surface area contributed by atoms with E-state index in [4.69, 9.17) is 0 Å². The number of carbonyl (C=O) groups excluding carboxylic acids is 1. The van der Waals surface area contributed by atoms with Crippen LogP contribution in [-0.2, 0) is 14.8 Å². The topological polar surface area (TPSA) is 84.3 Å². The van der Waals surface area contributed by atoms with Crippen LogP contribution in [-0.4, -0.2) is 41.5 Å². The highest BCUT2D eigenvalue weighted by Crippen LogP contribution is 2.25. The maximum atomic E-state index is 12.8. The van der Waals surface area contributed by atoms with Crippen LogP contribution in [0.5, 0.6) is 0 Å². The van der Waals surface area contributed by atoms with Gasteiger partial charge in [0.2, 0.25) is 15.9 Å². The van der Waals surface area contributed by atoms with Crippen LogP contribution in [0, 0.1) is 12.8 Å². The Balaban J connectivity index is 1.74. The van der Waals surface area contributed by atoms with Gasteiger partial charge >= 0.3 is 0 Å². The van der Waals surface area contributed by atoms with Gasteiger partial charge in [0, 0.05) is 25.2 Å². The number of amides is 1. The molecule has 3 rings (SSSR count). The molecule has 8 heteroatoms.